The zero-order chi connectivity index (χ0) is 28.6. The normalized spacial score (nSPS) is 14.8. The Morgan fingerprint density at radius 2 is 1.77 bits per heavy atom. The molecular weight excluding hydrogens is 492 g/mol. The van der Waals surface area contributed by atoms with E-state index in [0.717, 1.165) is 37.7 Å². The predicted molar refractivity (Wildman–Crippen MR) is 156 cm³/mol. The molecule has 39 heavy (non-hydrogen) atoms. The third kappa shape index (κ3) is 8.25. The number of hydrogen-bond acceptors (Lipinski definition) is 6. The molecule has 1 unspecified atom stereocenters. The number of methoxy groups -OCH3 is 2. The van der Waals surface area contributed by atoms with Crippen molar-refractivity contribution in [3.05, 3.63) is 64.9 Å². The van der Waals surface area contributed by atoms with E-state index in [-0.39, 0.29) is 29.4 Å². The molecule has 0 fully saturated rings. The average molecular weight is 537 g/mol. The largest absolute Gasteiger partial charge is 0.508 e. The average Bonchev–Trinajstić information content (AvgIpc) is 3.23. The second-order valence-corrected chi connectivity index (χ2v) is 11.4. The molecule has 1 aliphatic heterocycles. The number of cyclic esters (lactones) is 1. The summed E-state index contributed by atoms with van der Waals surface area (Å²) in [4.78, 5) is 19.9. The Balaban J connectivity index is 2.10. The molecule has 0 saturated heterocycles. The summed E-state index contributed by atoms with van der Waals surface area (Å²) in [6.07, 6.45) is 5.19. The first-order chi connectivity index (χ1) is 18.6. The summed E-state index contributed by atoms with van der Waals surface area (Å²) in [5.41, 5.74) is 3.20. The van der Waals surface area contributed by atoms with E-state index in [4.69, 9.17) is 19.2 Å². The van der Waals surface area contributed by atoms with Gasteiger partial charge in [-0.25, -0.2) is 9.79 Å². The van der Waals surface area contributed by atoms with Gasteiger partial charge in [0.05, 0.1) is 14.2 Å². The first kappa shape index (κ1) is 30.1. The van der Waals surface area contributed by atoms with Crippen LogP contribution in [0.15, 0.2) is 58.8 Å². The molecule has 0 radical (unpaired) electrons. The van der Waals surface area contributed by atoms with Crippen LogP contribution in [0.4, 0.5) is 5.69 Å². The fourth-order valence-electron chi connectivity index (χ4n) is 4.73. The topological polar surface area (TPSA) is 80.6 Å². The second kappa shape index (κ2) is 13.5. The van der Waals surface area contributed by atoms with Gasteiger partial charge in [0.15, 0.2) is 0 Å². The minimum Gasteiger partial charge on any atom is -0.508 e. The van der Waals surface area contributed by atoms with Gasteiger partial charge in [0.1, 0.15) is 41.0 Å². The van der Waals surface area contributed by atoms with Gasteiger partial charge < -0.3 is 24.2 Å². The molecule has 212 valence electrons. The number of carbonyl (C=O) groups is 1. The molecule has 1 aliphatic rings. The number of benzene rings is 2. The number of nitrogens with zero attached hydrogens (tertiary/aromatic N) is 2. The lowest BCUT2D eigenvalue weighted by atomic mass is 9.88. The lowest BCUT2D eigenvalue weighted by molar-refractivity contribution is -0.135. The maximum absolute atomic E-state index is 12.9. The molecule has 0 aromatic heterocycles. The summed E-state index contributed by atoms with van der Waals surface area (Å²) in [5.74, 6) is 0.821. The van der Waals surface area contributed by atoms with E-state index in [1.165, 1.54) is 5.56 Å². The number of ether oxygens (including phenoxy) is 3. The van der Waals surface area contributed by atoms with Crippen molar-refractivity contribution in [1.82, 2.24) is 4.90 Å². The quantitative estimate of drug-likeness (QED) is 0.134. The van der Waals surface area contributed by atoms with Gasteiger partial charge in [-0.2, -0.15) is 0 Å². The molecule has 1 atom stereocenters. The Morgan fingerprint density at radius 3 is 2.33 bits per heavy atom. The summed E-state index contributed by atoms with van der Waals surface area (Å²) in [6, 6.07) is 14.0. The first-order valence-electron chi connectivity index (χ1n) is 13.8. The van der Waals surface area contributed by atoms with Crippen molar-refractivity contribution < 1.29 is 24.1 Å². The smallest absolute Gasteiger partial charge is 0.345 e. The molecule has 7 heteroatoms. The number of aliphatic hydroxyl groups excluding tert-OH is 1. The van der Waals surface area contributed by atoms with Gasteiger partial charge in [-0.1, -0.05) is 71.2 Å². The van der Waals surface area contributed by atoms with Crippen LogP contribution in [-0.2, 0) is 22.5 Å². The van der Waals surface area contributed by atoms with Crippen LogP contribution < -0.4 is 9.47 Å². The van der Waals surface area contributed by atoms with E-state index in [9.17, 15) is 9.90 Å². The van der Waals surface area contributed by atoms with E-state index in [1.54, 1.807) is 32.4 Å². The summed E-state index contributed by atoms with van der Waals surface area (Å²) in [6.45, 7) is 11.4. The third-order valence-corrected chi connectivity index (χ3v) is 6.81. The third-order valence-electron chi connectivity index (χ3n) is 6.81. The highest BCUT2D eigenvalue weighted by Gasteiger charge is 2.34. The monoisotopic (exact) mass is 536 g/mol. The van der Waals surface area contributed by atoms with Crippen LogP contribution in [0.25, 0.3) is 0 Å². The zero-order valence-electron chi connectivity index (χ0n) is 24.5. The number of hydrogen-bond donors (Lipinski definition) is 1. The van der Waals surface area contributed by atoms with Crippen molar-refractivity contribution in [2.75, 3.05) is 20.8 Å². The van der Waals surface area contributed by atoms with E-state index in [2.05, 4.69) is 63.8 Å². The zero-order valence-corrected chi connectivity index (χ0v) is 24.5. The molecule has 0 aliphatic carbocycles. The van der Waals surface area contributed by atoms with Gasteiger partial charge in [-0.3, -0.25) is 0 Å². The van der Waals surface area contributed by atoms with Gasteiger partial charge in [-0.15, -0.1) is 0 Å². The van der Waals surface area contributed by atoms with Crippen LogP contribution in [0.5, 0.6) is 11.5 Å². The maximum atomic E-state index is 12.9. The Morgan fingerprint density at radius 1 is 1.08 bits per heavy atom. The Kier molecular flexibility index (Phi) is 10.4. The van der Waals surface area contributed by atoms with Crippen LogP contribution in [-0.4, -0.2) is 48.7 Å². The van der Waals surface area contributed by atoms with Gasteiger partial charge in [0.2, 0.25) is 0 Å². The second-order valence-electron chi connectivity index (χ2n) is 11.4. The molecule has 0 saturated carbocycles. The molecule has 2 aromatic rings. The minimum absolute atomic E-state index is 0.0440. The van der Waals surface area contributed by atoms with E-state index >= 15 is 0 Å². The number of unbranched alkanes of at least 4 members (excludes halogenated alkanes) is 2. The standard InChI is InChI=1S/C32H44N2O5/c1-8-9-10-11-22(2)34(20-24-14-12-23(13-15-24)19-32(3,4)5)30(29-27(35)21-39-31(29)36)33-26-17-16-25(37-6)18-28(26)38-7/h12-18,22,35H,8-11,19-21H2,1-7H3. The SMILES string of the molecule is CCCCCC(C)N(Cc1ccc(CC(C)(C)C)cc1)C(=Nc1ccc(OC)cc1OC)C1=C(O)COC1=O. The lowest BCUT2D eigenvalue weighted by Gasteiger charge is -2.33. The van der Waals surface area contributed by atoms with Crippen molar-refractivity contribution in [3.8, 4) is 11.5 Å². The fourth-order valence-corrected chi connectivity index (χ4v) is 4.73. The number of carbonyl (C=O) groups excluding carboxylic acids is 1. The van der Waals surface area contributed by atoms with Crippen molar-refractivity contribution in [1.29, 1.82) is 0 Å². The fraction of sp³-hybridized carbons (Fsp3) is 0.500. The van der Waals surface area contributed by atoms with Crippen molar-refractivity contribution in [2.45, 2.75) is 79.3 Å². The van der Waals surface area contributed by atoms with E-state index in [0.29, 0.717) is 29.6 Å². The molecule has 2 aromatic carbocycles. The Hall–Kier alpha value is -3.48. The number of aliphatic imine (C=N–C) groups is 1. The summed E-state index contributed by atoms with van der Waals surface area (Å²) in [5, 5.41) is 10.7. The Labute approximate surface area is 233 Å². The number of esters is 1. The summed E-state index contributed by atoms with van der Waals surface area (Å²) >= 11 is 0. The van der Waals surface area contributed by atoms with Gasteiger partial charge >= 0.3 is 5.97 Å². The summed E-state index contributed by atoms with van der Waals surface area (Å²) in [7, 11) is 3.16. The highest BCUT2D eigenvalue weighted by atomic mass is 16.5. The van der Waals surface area contributed by atoms with Crippen molar-refractivity contribution in [2.24, 2.45) is 10.4 Å². The van der Waals surface area contributed by atoms with Crippen LogP contribution >= 0.6 is 0 Å². The minimum atomic E-state index is -0.579. The number of amidine groups is 1. The van der Waals surface area contributed by atoms with E-state index < -0.39 is 5.97 Å². The highest BCUT2D eigenvalue weighted by molar-refractivity contribution is 6.21. The molecular formula is C32H44N2O5. The molecule has 1 N–H and O–H groups in total. The first-order valence-corrected chi connectivity index (χ1v) is 13.8. The van der Waals surface area contributed by atoms with Crippen LogP contribution in [0, 0.1) is 5.41 Å². The lowest BCUT2D eigenvalue weighted by Crippen LogP contribution is -2.40. The maximum Gasteiger partial charge on any atom is 0.345 e. The molecule has 7 nitrogen and oxygen atoms in total. The van der Waals surface area contributed by atoms with Gasteiger partial charge in [-0.05, 0) is 48.4 Å². The van der Waals surface area contributed by atoms with Gasteiger partial charge in [0, 0.05) is 18.7 Å². The molecule has 0 amide bonds. The predicted octanol–water partition coefficient (Wildman–Crippen LogP) is 7.16. The van der Waals surface area contributed by atoms with Crippen LogP contribution in [0.3, 0.4) is 0 Å². The Bertz CT molecular complexity index is 1180. The van der Waals surface area contributed by atoms with Crippen LogP contribution in [0.2, 0.25) is 0 Å². The number of rotatable bonds is 12. The van der Waals surface area contributed by atoms with Gasteiger partial charge in [0.25, 0.3) is 0 Å². The number of aliphatic hydroxyl groups is 1. The summed E-state index contributed by atoms with van der Waals surface area (Å²) < 4.78 is 16.2. The molecule has 1 heterocycles. The molecule has 3 rings (SSSR count). The van der Waals surface area contributed by atoms with Crippen molar-refractivity contribution >= 4 is 17.5 Å². The molecule has 0 spiro atoms. The molecule has 0 bridgehead atoms. The van der Waals surface area contributed by atoms with E-state index in [1.807, 2.05) is 0 Å². The van der Waals surface area contributed by atoms with Crippen molar-refractivity contribution in [3.63, 3.8) is 0 Å². The highest BCUT2D eigenvalue weighted by Crippen LogP contribution is 2.34. The van der Waals surface area contributed by atoms with Crippen LogP contribution in [0.1, 0.15) is 71.4 Å².